The topological polar surface area (TPSA) is 96.2 Å². The molecule has 3 aliphatic heterocycles. The fraction of sp³-hybridized carbons (Fsp3) is 0.679. The number of amides is 2. The predicted molar refractivity (Wildman–Crippen MR) is 138 cm³/mol. The molecule has 2 amide bonds. The van der Waals surface area contributed by atoms with E-state index in [1.54, 1.807) is 6.07 Å². The summed E-state index contributed by atoms with van der Waals surface area (Å²) in [5.74, 6) is -1.78. The highest BCUT2D eigenvalue weighted by Crippen LogP contribution is 2.42. The van der Waals surface area contributed by atoms with E-state index in [9.17, 15) is 18.8 Å². The fourth-order valence-corrected chi connectivity index (χ4v) is 6.78. The Hall–Kier alpha value is -2.52. The van der Waals surface area contributed by atoms with Crippen LogP contribution in [0.3, 0.4) is 0 Å². The Morgan fingerprint density at radius 2 is 1.78 bits per heavy atom. The maximum atomic E-state index is 14.8. The van der Waals surface area contributed by atoms with Crippen LogP contribution in [0.25, 0.3) is 0 Å². The molecular formula is C28H39FN4O4. The van der Waals surface area contributed by atoms with Crippen LogP contribution in [0.4, 0.5) is 10.1 Å². The summed E-state index contributed by atoms with van der Waals surface area (Å²) in [6.45, 7) is 7.63. The Morgan fingerprint density at radius 3 is 2.43 bits per heavy atom. The van der Waals surface area contributed by atoms with Crippen molar-refractivity contribution in [3.8, 4) is 0 Å². The number of carbonyl (C=O) groups is 3. The van der Waals surface area contributed by atoms with Gasteiger partial charge in [-0.1, -0.05) is 19.3 Å². The van der Waals surface area contributed by atoms with Crippen LogP contribution in [0.5, 0.6) is 0 Å². The van der Waals surface area contributed by atoms with E-state index in [-0.39, 0.29) is 30.8 Å². The van der Waals surface area contributed by atoms with Crippen molar-refractivity contribution in [2.45, 2.75) is 76.2 Å². The molecule has 1 aromatic rings. The number of nitrogens with two attached hydrogens (primary N) is 1. The number of likely N-dealkylation sites (tertiary alicyclic amines) is 1. The zero-order valence-corrected chi connectivity index (χ0v) is 21.9. The number of carbonyl (C=O) groups excluding carboxylic acids is 3. The van der Waals surface area contributed by atoms with Crippen molar-refractivity contribution in [2.24, 2.45) is 11.7 Å². The maximum absolute atomic E-state index is 14.8. The van der Waals surface area contributed by atoms with Crippen molar-refractivity contribution in [1.29, 1.82) is 0 Å². The number of hydrogen-bond acceptors (Lipinski definition) is 6. The van der Waals surface area contributed by atoms with E-state index in [0.29, 0.717) is 17.2 Å². The molecular weight excluding hydrogens is 475 g/mol. The molecule has 0 spiro atoms. The molecule has 1 aliphatic carbocycles. The van der Waals surface area contributed by atoms with E-state index < -0.39 is 30.1 Å². The van der Waals surface area contributed by atoms with Crippen LogP contribution < -0.4 is 10.6 Å². The number of hydrogen-bond donors (Lipinski definition) is 1. The summed E-state index contributed by atoms with van der Waals surface area (Å²) < 4.78 is 20.2. The molecule has 4 aliphatic rings. The van der Waals surface area contributed by atoms with Crippen LogP contribution in [0.1, 0.15) is 67.8 Å². The van der Waals surface area contributed by atoms with E-state index in [0.717, 1.165) is 64.0 Å². The molecule has 3 saturated heterocycles. The molecule has 1 saturated carbocycles. The highest BCUT2D eigenvalue weighted by atomic mass is 19.1. The number of alkyl halides is 1. The normalized spacial score (nSPS) is 28.1. The van der Waals surface area contributed by atoms with Gasteiger partial charge in [0.05, 0.1) is 12.5 Å². The monoisotopic (exact) mass is 514 g/mol. The third-order valence-corrected chi connectivity index (χ3v) is 8.84. The third-order valence-electron chi connectivity index (χ3n) is 8.84. The van der Waals surface area contributed by atoms with Crippen molar-refractivity contribution in [1.82, 2.24) is 9.80 Å². The second-order valence-electron chi connectivity index (χ2n) is 11.3. The van der Waals surface area contributed by atoms with Gasteiger partial charge in [-0.2, -0.15) is 0 Å². The Morgan fingerprint density at radius 1 is 1.08 bits per heavy atom. The first-order valence-corrected chi connectivity index (χ1v) is 13.8. The highest BCUT2D eigenvalue weighted by molar-refractivity contribution is 5.99. The number of primary amides is 1. The average molecular weight is 515 g/mol. The summed E-state index contributed by atoms with van der Waals surface area (Å²) in [7, 11) is 0. The number of benzene rings is 1. The number of rotatable bonds is 6. The summed E-state index contributed by atoms with van der Waals surface area (Å²) in [4.78, 5) is 45.5. The highest BCUT2D eigenvalue weighted by Gasteiger charge is 2.54. The number of fused-ring (bicyclic) bond motifs is 1. The number of Topliss-reactive ketones (excluding diaryl/α,β-unsaturated/α-hetero) is 1. The molecule has 3 heterocycles. The number of piperazine rings is 1. The van der Waals surface area contributed by atoms with Crippen molar-refractivity contribution < 1.29 is 23.5 Å². The molecule has 5 rings (SSSR count). The first-order valence-electron chi connectivity index (χ1n) is 13.8. The van der Waals surface area contributed by atoms with Gasteiger partial charge in [0, 0.05) is 43.5 Å². The summed E-state index contributed by atoms with van der Waals surface area (Å²) in [5, 5.41) is 0. The van der Waals surface area contributed by atoms with Crippen molar-refractivity contribution >= 4 is 23.3 Å². The number of ether oxygens (including phenoxy) is 1. The largest absolute Gasteiger partial charge is 0.369 e. The Labute approximate surface area is 218 Å². The lowest BCUT2D eigenvalue weighted by Crippen LogP contribution is -2.49. The minimum Gasteiger partial charge on any atom is -0.369 e. The number of ketones is 1. The molecule has 0 radical (unpaired) electrons. The van der Waals surface area contributed by atoms with Gasteiger partial charge in [-0.15, -0.1) is 0 Å². The van der Waals surface area contributed by atoms with Crippen LogP contribution in [0.15, 0.2) is 18.2 Å². The third kappa shape index (κ3) is 5.00. The van der Waals surface area contributed by atoms with Gasteiger partial charge >= 0.3 is 0 Å². The molecule has 2 N–H and O–H groups in total. The van der Waals surface area contributed by atoms with E-state index in [2.05, 4.69) is 23.6 Å². The number of anilines is 1. The Bertz CT molecular complexity index is 1040. The molecule has 0 aromatic heterocycles. The lowest BCUT2D eigenvalue weighted by Gasteiger charge is -2.39. The zero-order chi connectivity index (χ0) is 26.3. The maximum Gasteiger partial charge on any atom is 0.249 e. The second-order valence-corrected chi connectivity index (χ2v) is 11.3. The summed E-state index contributed by atoms with van der Waals surface area (Å²) in [6.07, 6.45) is 2.49. The Balaban J connectivity index is 1.51. The van der Waals surface area contributed by atoms with Gasteiger partial charge in [0.1, 0.15) is 24.9 Å². The van der Waals surface area contributed by atoms with E-state index in [1.165, 1.54) is 4.90 Å². The zero-order valence-electron chi connectivity index (χ0n) is 21.9. The first kappa shape index (κ1) is 26.1. The van der Waals surface area contributed by atoms with Crippen molar-refractivity contribution in [2.75, 3.05) is 44.2 Å². The molecule has 4 atom stereocenters. The minimum absolute atomic E-state index is 0.00178. The molecule has 8 nitrogen and oxygen atoms in total. The number of nitrogens with zero attached hydrogens (tertiary/aromatic N) is 3. The molecule has 9 heteroatoms. The van der Waals surface area contributed by atoms with Crippen molar-refractivity contribution in [3.63, 3.8) is 0 Å². The molecule has 4 fully saturated rings. The smallest absolute Gasteiger partial charge is 0.249 e. The van der Waals surface area contributed by atoms with Crippen molar-refractivity contribution in [3.05, 3.63) is 29.3 Å². The van der Waals surface area contributed by atoms with E-state index in [4.69, 9.17) is 10.5 Å². The lowest BCUT2D eigenvalue weighted by atomic mass is 9.74. The van der Waals surface area contributed by atoms with Gasteiger partial charge < -0.3 is 20.3 Å². The minimum atomic E-state index is -1.40. The second kappa shape index (κ2) is 10.7. The quantitative estimate of drug-likeness (QED) is 0.627. The van der Waals surface area contributed by atoms with E-state index in [1.807, 2.05) is 12.1 Å². The van der Waals surface area contributed by atoms with Crippen LogP contribution in [0, 0.1) is 5.92 Å². The SMILES string of the molecule is CC(C)N1CCN(c2ccc(C(N)=O)c([C@@H](C(=O)N3C[C@H](F)[C@H]4OCC(=O)[C@H]43)C3CCCCC3)c2)CC1. The van der Waals surface area contributed by atoms with Gasteiger partial charge in [-0.05, 0) is 56.4 Å². The van der Waals surface area contributed by atoms with Crippen LogP contribution >= 0.6 is 0 Å². The fourth-order valence-electron chi connectivity index (χ4n) is 6.78. The van der Waals surface area contributed by atoms with Crippen LogP contribution in [-0.4, -0.2) is 91.1 Å². The summed E-state index contributed by atoms with van der Waals surface area (Å²) >= 11 is 0. The predicted octanol–water partition coefficient (Wildman–Crippen LogP) is 2.50. The molecule has 202 valence electrons. The molecule has 0 unspecified atom stereocenters. The molecule has 37 heavy (non-hydrogen) atoms. The molecule has 1 aromatic carbocycles. The summed E-state index contributed by atoms with van der Waals surface area (Å²) in [5.41, 5.74) is 7.72. The van der Waals surface area contributed by atoms with Gasteiger partial charge in [0.25, 0.3) is 0 Å². The first-order chi connectivity index (χ1) is 17.8. The standard InChI is InChI=1S/C28H39FN4O4/c1-17(2)31-10-12-32(13-11-31)19-8-9-20(27(30)35)21(14-19)24(18-6-4-3-5-7-18)28(36)33-15-22(29)26-25(33)23(34)16-37-26/h8-9,14,17-18,22,24-26H,3-7,10-13,15-16H2,1-2H3,(H2,30,35)/t22-,24-,25+,26+/m0/s1. The lowest BCUT2D eigenvalue weighted by molar-refractivity contribution is -0.139. The van der Waals surface area contributed by atoms with Crippen LogP contribution in [-0.2, 0) is 14.3 Å². The van der Waals surface area contributed by atoms with Gasteiger partial charge in [0.15, 0.2) is 5.78 Å². The summed E-state index contributed by atoms with van der Waals surface area (Å²) in [6, 6.07) is 5.19. The number of halogens is 1. The Kier molecular flexibility index (Phi) is 7.54. The van der Waals surface area contributed by atoms with Gasteiger partial charge in [-0.25, -0.2) is 4.39 Å². The van der Waals surface area contributed by atoms with Gasteiger partial charge in [0.2, 0.25) is 11.8 Å². The van der Waals surface area contributed by atoms with Gasteiger partial charge in [-0.3, -0.25) is 19.3 Å². The van der Waals surface area contributed by atoms with Crippen LogP contribution in [0.2, 0.25) is 0 Å². The average Bonchev–Trinajstić information content (AvgIpc) is 3.45. The molecule has 0 bridgehead atoms. The van der Waals surface area contributed by atoms with E-state index >= 15 is 0 Å².